The Hall–Kier alpha value is -1.83. The van der Waals surface area contributed by atoms with E-state index in [9.17, 15) is 0 Å². The van der Waals surface area contributed by atoms with Crippen LogP contribution in [-0.2, 0) is 0 Å². The zero-order valence-corrected chi connectivity index (χ0v) is 13.9. The van der Waals surface area contributed by atoms with Crippen molar-refractivity contribution < 1.29 is 0 Å². The van der Waals surface area contributed by atoms with Gasteiger partial charge in [-0.2, -0.15) is 0 Å². The molecule has 1 N–H and O–H groups in total. The predicted molar refractivity (Wildman–Crippen MR) is 95.0 cm³/mol. The molecule has 0 spiro atoms. The first-order valence-corrected chi connectivity index (χ1v) is 8.51. The van der Waals surface area contributed by atoms with E-state index in [1.807, 2.05) is 0 Å². The third kappa shape index (κ3) is 2.87. The predicted octanol–water partition coefficient (Wildman–Crippen LogP) is 5.01. The van der Waals surface area contributed by atoms with E-state index in [0.29, 0.717) is 6.04 Å². The first-order chi connectivity index (χ1) is 10.7. The van der Waals surface area contributed by atoms with Crippen molar-refractivity contribution in [2.24, 2.45) is 4.99 Å². The molecule has 2 heteroatoms. The molecule has 1 unspecified atom stereocenters. The van der Waals surface area contributed by atoms with Crippen molar-refractivity contribution >= 4 is 11.4 Å². The van der Waals surface area contributed by atoms with Gasteiger partial charge in [0, 0.05) is 11.3 Å². The fraction of sp³-hybridized carbons (Fsp3) is 0.450. The van der Waals surface area contributed by atoms with Gasteiger partial charge in [-0.3, -0.25) is 4.99 Å². The molecule has 1 saturated carbocycles. The number of benzene rings is 1. The summed E-state index contributed by atoms with van der Waals surface area (Å²) < 4.78 is 0. The fourth-order valence-corrected chi connectivity index (χ4v) is 3.57. The Morgan fingerprint density at radius 3 is 2.86 bits per heavy atom. The standard InChI is InChI=1S/C20H26N2/c1-4-9-18(16-11-6-5-10-14(16)2)20-21-15(3)17-12-7-8-13-19(17)22-20/h5-6,9-11,19H,4,7-8,12-13H2,1-3H3,(H,21,22)/b18-9-. The minimum Gasteiger partial charge on any atom is -0.344 e. The first kappa shape index (κ1) is 15.1. The van der Waals surface area contributed by atoms with Crippen molar-refractivity contribution in [3.05, 3.63) is 52.7 Å². The lowest BCUT2D eigenvalue weighted by Gasteiger charge is -2.31. The number of aliphatic imine (C=N–C) groups is 1. The maximum atomic E-state index is 5.07. The van der Waals surface area contributed by atoms with Gasteiger partial charge in [0.1, 0.15) is 5.84 Å². The van der Waals surface area contributed by atoms with Crippen LogP contribution in [-0.4, -0.2) is 11.9 Å². The summed E-state index contributed by atoms with van der Waals surface area (Å²) in [7, 11) is 0. The van der Waals surface area contributed by atoms with E-state index in [1.54, 1.807) is 0 Å². The van der Waals surface area contributed by atoms with Gasteiger partial charge in [0.15, 0.2) is 0 Å². The van der Waals surface area contributed by atoms with Crippen LogP contribution in [0.5, 0.6) is 0 Å². The SMILES string of the molecule is CC/C=C(\C1=NC2CCCCC2=C(C)N1)c1ccccc1C. The Labute approximate surface area is 134 Å². The van der Waals surface area contributed by atoms with Crippen LogP contribution in [0.3, 0.4) is 0 Å². The molecular weight excluding hydrogens is 268 g/mol. The second-order valence-electron chi connectivity index (χ2n) is 6.36. The Kier molecular flexibility index (Phi) is 4.47. The summed E-state index contributed by atoms with van der Waals surface area (Å²) in [5.74, 6) is 1.06. The molecule has 1 fully saturated rings. The molecule has 1 heterocycles. The van der Waals surface area contributed by atoms with Crippen LogP contribution in [0.4, 0.5) is 0 Å². The van der Waals surface area contributed by atoms with E-state index in [4.69, 9.17) is 4.99 Å². The number of fused-ring (bicyclic) bond motifs is 1. The van der Waals surface area contributed by atoms with Crippen molar-refractivity contribution in [1.82, 2.24) is 5.32 Å². The molecule has 116 valence electrons. The van der Waals surface area contributed by atoms with Crippen LogP contribution >= 0.6 is 0 Å². The fourth-order valence-electron chi connectivity index (χ4n) is 3.57. The van der Waals surface area contributed by atoms with Crippen LogP contribution in [0.25, 0.3) is 5.57 Å². The highest BCUT2D eigenvalue weighted by atomic mass is 15.0. The second kappa shape index (κ2) is 6.51. The van der Waals surface area contributed by atoms with Gasteiger partial charge in [0.2, 0.25) is 0 Å². The molecule has 22 heavy (non-hydrogen) atoms. The quantitative estimate of drug-likeness (QED) is 0.833. The minimum absolute atomic E-state index is 0.397. The molecular formula is C20H26N2. The Bertz CT molecular complexity index is 649. The summed E-state index contributed by atoms with van der Waals surface area (Å²) in [6, 6.07) is 8.99. The van der Waals surface area contributed by atoms with Crippen molar-refractivity contribution in [1.29, 1.82) is 0 Å². The van der Waals surface area contributed by atoms with Gasteiger partial charge in [-0.1, -0.05) is 43.7 Å². The van der Waals surface area contributed by atoms with Crippen LogP contribution in [0.2, 0.25) is 0 Å². The van der Waals surface area contributed by atoms with Crippen LogP contribution < -0.4 is 5.32 Å². The highest BCUT2D eigenvalue weighted by molar-refractivity contribution is 6.23. The molecule has 1 atom stereocenters. The molecule has 1 aliphatic carbocycles. The lowest BCUT2D eigenvalue weighted by Crippen LogP contribution is -2.34. The molecule has 2 nitrogen and oxygen atoms in total. The normalized spacial score (nSPS) is 22.0. The average Bonchev–Trinajstić information content (AvgIpc) is 2.53. The monoisotopic (exact) mass is 294 g/mol. The van der Waals surface area contributed by atoms with E-state index in [0.717, 1.165) is 12.3 Å². The molecule has 0 bridgehead atoms. The number of hydrogen-bond acceptors (Lipinski definition) is 2. The van der Waals surface area contributed by atoms with E-state index in [-0.39, 0.29) is 0 Å². The lowest BCUT2D eigenvalue weighted by atomic mass is 9.87. The summed E-state index contributed by atoms with van der Waals surface area (Å²) >= 11 is 0. The van der Waals surface area contributed by atoms with Crippen molar-refractivity contribution in [2.45, 2.75) is 58.9 Å². The van der Waals surface area contributed by atoms with Crippen molar-refractivity contribution in [3.63, 3.8) is 0 Å². The van der Waals surface area contributed by atoms with Crippen LogP contribution in [0, 0.1) is 6.92 Å². The summed E-state index contributed by atoms with van der Waals surface area (Å²) in [5.41, 5.74) is 6.70. The molecule has 0 aromatic heterocycles. The zero-order valence-electron chi connectivity index (χ0n) is 13.9. The van der Waals surface area contributed by atoms with Gasteiger partial charge >= 0.3 is 0 Å². The number of hydrogen-bond donors (Lipinski definition) is 1. The number of nitrogens with zero attached hydrogens (tertiary/aromatic N) is 1. The van der Waals surface area contributed by atoms with E-state index < -0.39 is 0 Å². The Morgan fingerprint density at radius 2 is 2.09 bits per heavy atom. The number of aryl methyl sites for hydroxylation is 1. The zero-order chi connectivity index (χ0) is 15.5. The highest BCUT2D eigenvalue weighted by Crippen LogP contribution is 2.32. The third-order valence-corrected chi connectivity index (χ3v) is 4.75. The summed E-state index contributed by atoms with van der Waals surface area (Å²) in [6.45, 7) is 6.58. The molecule has 1 aromatic carbocycles. The minimum atomic E-state index is 0.397. The molecule has 1 aliphatic heterocycles. The maximum Gasteiger partial charge on any atom is 0.133 e. The van der Waals surface area contributed by atoms with Crippen molar-refractivity contribution in [3.8, 4) is 0 Å². The van der Waals surface area contributed by atoms with Gasteiger partial charge in [-0.25, -0.2) is 0 Å². The van der Waals surface area contributed by atoms with E-state index in [2.05, 4.69) is 56.4 Å². The Balaban J connectivity index is 1.99. The largest absolute Gasteiger partial charge is 0.344 e. The first-order valence-electron chi connectivity index (χ1n) is 8.51. The third-order valence-electron chi connectivity index (χ3n) is 4.75. The Morgan fingerprint density at radius 1 is 1.27 bits per heavy atom. The second-order valence-corrected chi connectivity index (χ2v) is 6.36. The summed E-state index contributed by atoms with van der Waals surface area (Å²) in [6.07, 6.45) is 8.34. The topological polar surface area (TPSA) is 24.4 Å². The summed E-state index contributed by atoms with van der Waals surface area (Å²) in [4.78, 5) is 5.07. The number of rotatable bonds is 3. The molecule has 0 amide bonds. The highest BCUT2D eigenvalue weighted by Gasteiger charge is 2.26. The van der Waals surface area contributed by atoms with E-state index in [1.165, 1.54) is 53.7 Å². The van der Waals surface area contributed by atoms with Gasteiger partial charge in [-0.05, 0) is 56.2 Å². The number of allylic oxidation sites excluding steroid dienone is 2. The molecule has 0 saturated heterocycles. The number of amidine groups is 1. The molecule has 0 radical (unpaired) electrons. The van der Waals surface area contributed by atoms with Crippen molar-refractivity contribution in [2.75, 3.05) is 0 Å². The molecule has 1 aromatic rings. The molecule has 2 aliphatic rings. The number of nitrogens with one attached hydrogen (secondary N) is 1. The average molecular weight is 294 g/mol. The van der Waals surface area contributed by atoms with Gasteiger partial charge in [-0.15, -0.1) is 0 Å². The van der Waals surface area contributed by atoms with Gasteiger partial charge in [0.25, 0.3) is 0 Å². The van der Waals surface area contributed by atoms with Crippen LogP contribution in [0.15, 0.2) is 46.6 Å². The smallest absolute Gasteiger partial charge is 0.133 e. The van der Waals surface area contributed by atoms with E-state index >= 15 is 0 Å². The molecule has 3 rings (SSSR count). The van der Waals surface area contributed by atoms with Crippen LogP contribution in [0.1, 0.15) is 57.1 Å². The summed E-state index contributed by atoms with van der Waals surface area (Å²) in [5, 5.41) is 3.59. The lowest BCUT2D eigenvalue weighted by molar-refractivity contribution is 0.522. The maximum absolute atomic E-state index is 5.07. The van der Waals surface area contributed by atoms with Gasteiger partial charge < -0.3 is 5.32 Å². The van der Waals surface area contributed by atoms with Gasteiger partial charge in [0.05, 0.1) is 6.04 Å².